The van der Waals surface area contributed by atoms with Gasteiger partial charge in [-0.25, -0.2) is 4.39 Å². The highest BCUT2D eigenvalue weighted by atomic mass is 19.1. The Morgan fingerprint density at radius 1 is 0.923 bits per heavy atom. The molecule has 1 atom stereocenters. The first-order valence-corrected chi connectivity index (χ1v) is 8.78. The van der Waals surface area contributed by atoms with Crippen molar-refractivity contribution in [2.75, 3.05) is 0 Å². The maximum absolute atomic E-state index is 13.8. The molecule has 1 aliphatic carbocycles. The molecule has 3 heteroatoms. The Morgan fingerprint density at radius 2 is 1.69 bits per heavy atom. The standard InChI is InChI=1S/C23H19FO2/c24-19-10-11-21(23(14-19)26-15-16-6-2-1-3-7-16)18-12-17-8-4-5-9-20(17)22(25)13-18/h1-11,14,18H,12-13,15H2. The molecule has 0 amide bonds. The van der Waals surface area contributed by atoms with E-state index in [1.54, 1.807) is 6.07 Å². The zero-order valence-electron chi connectivity index (χ0n) is 14.3. The molecule has 2 nitrogen and oxygen atoms in total. The zero-order valence-corrected chi connectivity index (χ0v) is 14.3. The van der Waals surface area contributed by atoms with Crippen LogP contribution in [0.4, 0.5) is 4.39 Å². The molecule has 0 fully saturated rings. The highest BCUT2D eigenvalue weighted by Crippen LogP contribution is 2.37. The molecule has 0 radical (unpaired) electrons. The molecular weight excluding hydrogens is 327 g/mol. The molecule has 0 saturated heterocycles. The van der Waals surface area contributed by atoms with Crippen LogP contribution in [-0.2, 0) is 13.0 Å². The van der Waals surface area contributed by atoms with Gasteiger partial charge in [-0.1, -0.05) is 60.7 Å². The molecule has 0 saturated carbocycles. The first kappa shape index (κ1) is 16.5. The van der Waals surface area contributed by atoms with Gasteiger partial charge in [-0.3, -0.25) is 4.79 Å². The van der Waals surface area contributed by atoms with Crippen LogP contribution >= 0.6 is 0 Å². The Morgan fingerprint density at radius 3 is 2.54 bits per heavy atom. The quantitative estimate of drug-likeness (QED) is 0.639. The molecule has 4 rings (SSSR count). The van der Waals surface area contributed by atoms with Crippen molar-refractivity contribution >= 4 is 5.78 Å². The fourth-order valence-electron chi connectivity index (χ4n) is 3.57. The van der Waals surface area contributed by atoms with Gasteiger partial charge in [-0.05, 0) is 35.1 Å². The summed E-state index contributed by atoms with van der Waals surface area (Å²) < 4.78 is 19.7. The maximum Gasteiger partial charge on any atom is 0.163 e. The zero-order chi connectivity index (χ0) is 17.9. The van der Waals surface area contributed by atoms with E-state index in [-0.39, 0.29) is 17.5 Å². The molecule has 0 N–H and O–H groups in total. The SMILES string of the molecule is O=C1CC(c2ccc(F)cc2OCc2ccccc2)Cc2ccccc21. The van der Waals surface area contributed by atoms with Crippen LogP contribution in [0, 0.1) is 5.82 Å². The number of benzene rings is 3. The highest BCUT2D eigenvalue weighted by Gasteiger charge is 2.28. The van der Waals surface area contributed by atoms with Crippen molar-refractivity contribution < 1.29 is 13.9 Å². The largest absolute Gasteiger partial charge is 0.489 e. The average molecular weight is 346 g/mol. The van der Waals surface area contributed by atoms with Gasteiger partial charge in [0.25, 0.3) is 0 Å². The van der Waals surface area contributed by atoms with Gasteiger partial charge in [0.2, 0.25) is 0 Å². The Hall–Kier alpha value is -2.94. The van der Waals surface area contributed by atoms with Crippen LogP contribution in [0.5, 0.6) is 5.75 Å². The summed E-state index contributed by atoms with van der Waals surface area (Å²) >= 11 is 0. The van der Waals surface area contributed by atoms with E-state index in [2.05, 4.69) is 0 Å². The molecule has 0 aliphatic heterocycles. The molecule has 0 bridgehead atoms. The van der Waals surface area contributed by atoms with Crippen molar-refractivity contribution in [3.63, 3.8) is 0 Å². The predicted molar refractivity (Wildman–Crippen MR) is 99.0 cm³/mol. The molecule has 3 aromatic rings. The second-order valence-corrected chi connectivity index (χ2v) is 6.64. The molecule has 130 valence electrons. The molecule has 1 unspecified atom stereocenters. The Kier molecular flexibility index (Phi) is 4.53. The van der Waals surface area contributed by atoms with E-state index in [9.17, 15) is 9.18 Å². The fraction of sp³-hybridized carbons (Fsp3) is 0.174. The summed E-state index contributed by atoms with van der Waals surface area (Å²) in [5, 5.41) is 0. The van der Waals surface area contributed by atoms with Gasteiger partial charge >= 0.3 is 0 Å². The molecule has 0 aromatic heterocycles. The molecule has 26 heavy (non-hydrogen) atoms. The molecule has 3 aromatic carbocycles. The van der Waals surface area contributed by atoms with E-state index in [0.29, 0.717) is 18.8 Å². The van der Waals surface area contributed by atoms with Crippen LogP contribution in [-0.4, -0.2) is 5.78 Å². The van der Waals surface area contributed by atoms with E-state index < -0.39 is 0 Å². The lowest BCUT2D eigenvalue weighted by Crippen LogP contribution is -2.19. The van der Waals surface area contributed by atoms with Crippen LogP contribution < -0.4 is 4.74 Å². The van der Waals surface area contributed by atoms with Gasteiger partial charge in [0.1, 0.15) is 18.2 Å². The summed E-state index contributed by atoms with van der Waals surface area (Å²) in [5.74, 6) is 0.323. The lowest BCUT2D eigenvalue weighted by atomic mass is 9.79. The van der Waals surface area contributed by atoms with E-state index in [0.717, 1.165) is 28.7 Å². The summed E-state index contributed by atoms with van der Waals surface area (Å²) in [7, 11) is 0. The van der Waals surface area contributed by atoms with E-state index in [1.165, 1.54) is 12.1 Å². The number of hydrogen-bond donors (Lipinski definition) is 0. The molecule has 1 aliphatic rings. The van der Waals surface area contributed by atoms with Crippen LogP contribution in [0.25, 0.3) is 0 Å². The van der Waals surface area contributed by atoms with Crippen LogP contribution in [0.1, 0.15) is 39.4 Å². The minimum atomic E-state index is -0.334. The predicted octanol–water partition coefficient (Wildman–Crippen LogP) is 5.32. The second-order valence-electron chi connectivity index (χ2n) is 6.64. The first-order chi connectivity index (χ1) is 12.7. The van der Waals surface area contributed by atoms with Gasteiger partial charge in [-0.15, -0.1) is 0 Å². The molecule has 0 spiro atoms. The number of fused-ring (bicyclic) bond motifs is 1. The minimum absolute atomic E-state index is 0.00349. The van der Waals surface area contributed by atoms with Gasteiger partial charge < -0.3 is 4.74 Å². The average Bonchev–Trinajstić information content (AvgIpc) is 2.67. The van der Waals surface area contributed by atoms with Gasteiger partial charge in [0.15, 0.2) is 5.78 Å². The van der Waals surface area contributed by atoms with Gasteiger partial charge in [0.05, 0.1) is 0 Å². The summed E-state index contributed by atoms with van der Waals surface area (Å²) in [4.78, 5) is 12.5. The smallest absolute Gasteiger partial charge is 0.163 e. The van der Waals surface area contributed by atoms with E-state index >= 15 is 0 Å². The van der Waals surface area contributed by atoms with E-state index in [1.807, 2.05) is 54.6 Å². The van der Waals surface area contributed by atoms with Crippen molar-refractivity contribution in [1.82, 2.24) is 0 Å². The summed E-state index contributed by atoms with van der Waals surface area (Å²) in [6, 6.07) is 22.1. The van der Waals surface area contributed by atoms with Crippen molar-refractivity contribution in [1.29, 1.82) is 0 Å². The highest BCUT2D eigenvalue weighted by molar-refractivity contribution is 5.99. The number of ketones is 1. The summed E-state index contributed by atoms with van der Waals surface area (Å²) in [6.07, 6.45) is 1.18. The third kappa shape index (κ3) is 3.38. The minimum Gasteiger partial charge on any atom is -0.489 e. The number of carbonyl (C=O) groups is 1. The molecular formula is C23H19FO2. The van der Waals surface area contributed by atoms with Crippen LogP contribution in [0.3, 0.4) is 0 Å². The molecule has 0 heterocycles. The Balaban J connectivity index is 1.62. The number of ether oxygens (including phenoxy) is 1. The Bertz CT molecular complexity index is 934. The summed E-state index contributed by atoms with van der Waals surface area (Å²) in [5.41, 5.74) is 3.77. The Labute approximate surface area is 152 Å². The number of halogens is 1. The van der Waals surface area contributed by atoms with Crippen molar-refractivity contribution in [3.05, 3.63) is 101 Å². The maximum atomic E-state index is 13.8. The van der Waals surface area contributed by atoms with Crippen LogP contribution in [0.15, 0.2) is 72.8 Å². The van der Waals surface area contributed by atoms with Gasteiger partial charge in [-0.2, -0.15) is 0 Å². The van der Waals surface area contributed by atoms with Crippen molar-refractivity contribution in [3.8, 4) is 5.75 Å². The lowest BCUT2D eigenvalue weighted by molar-refractivity contribution is 0.0963. The third-order valence-electron chi connectivity index (χ3n) is 4.87. The van der Waals surface area contributed by atoms with Crippen LogP contribution in [0.2, 0.25) is 0 Å². The first-order valence-electron chi connectivity index (χ1n) is 8.78. The van der Waals surface area contributed by atoms with Gasteiger partial charge in [0, 0.05) is 18.1 Å². The van der Waals surface area contributed by atoms with Crippen molar-refractivity contribution in [2.45, 2.75) is 25.4 Å². The van der Waals surface area contributed by atoms with E-state index in [4.69, 9.17) is 4.74 Å². The topological polar surface area (TPSA) is 26.3 Å². The summed E-state index contributed by atoms with van der Waals surface area (Å²) in [6.45, 7) is 0.370. The second kappa shape index (κ2) is 7.12. The van der Waals surface area contributed by atoms with Crippen molar-refractivity contribution in [2.24, 2.45) is 0 Å². The number of Topliss-reactive ketones (excluding diaryl/α,β-unsaturated/α-hetero) is 1. The fourth-order valence-corrected chi connectivity index (χ4v) is 3.57. The number of carbonyl (C=O) groups excluding carboxylic acids is 1. The lowest BCUT2D eigenvalue weighted by Gasteiger charge is -2.25. The number of rotatable bonds is 4. The normalized spacial score (nSPS) is 16.2. The monoisotopic (exact) mass is 346 g/mol. The third-order valence-corrected chi connectivity index (χ3v) is 4.87. The number of hydrogen-bond acceptors (Lipinski definition) is 2.